The molecule has 0 N–H and O–H groups in total. The number of esters is 1. The van der Waals surface area contributed by atoms with Crippen LogP contribution in [-0.4, -0.2) is 43.6 Å². The normalized spacial score (nSPS) is 22.7. The highest BCUT2D eigenvalue weighted by atomic mass is 32.2. The van der Waals surface area contributed by atoms with Crippen LogP contribution in [0.15, 0.2) is 0 Å². The zero-order valence-corrected chi connectivity index (χ0v) is 11.5. The van der Waals surface area contributed by atoms with Crippen LogP contribution in [0.3, 0.4) is 0 Å². The van der Waals surface area contributed by atoms with Crippen LogP contribution in [0, 0.1) is 5.92 Å². The summed E-state index contributed by atoms with van der Waals surface area (Å²) in [5.74, 6) is -0.589. The van der Waals surface area contributed by atoms with Crippen LogP contribution in [0.4, 0.5) is 0 Å². The molecule has 17 heavy (non-hydrogen) atoms. The van der Waals surface area contributed by atoms with Crippen molar-refractivity contribution < 1.29 is 17.9 Å². The molecular formula is C11H21NO4S. The van der Waals surface area contributed by atoms with Crippen molar-refractivity contribution in [1.82, 2.24) is 4.31 Å². The number of rotatable bonds is 4. The van der Waals surface area contributed by atoms with Gasteiger partial charge in [-0.05, 0) is 33.6 Å². The fourth-order valence-electron chi connectivity index (χ4n) is 1.92. The van der Waals surface area contributed by atoms with Crippen LogP contribution in [0.25, 0.3) is 0 Å². The van der Waals surface area contributed by atoms with Gasteiger partial charge in [-0.15, -0.1) is 0 Å². The quantitative estimate of drug-likeness (QED) is 0.710. The van der Waals surface area contributed by atoms with E-state index in [1.54, 1.807) is 20.8 Å². The van der Waals surface area contributed by atoms with Crippen LogP contribution in [-0.2, 0) is 19.6 Å². The lowest BCUT2D eigenvalue weighted by Crippen LogP contribution is -2.45. The molecule has 0 unspecified atom stereocenters. The maximum absolute atomic E-state index is 12.0. The molecule has 0 aromatic rings. The molecule has 0 saturated carbocycles. The summed E-state index contributed by atoms with van der Waals surface area (Å²) in [6.07, 6.45) is 1.43. The largest absolute Gasteiger partial charge is 0.466 e. The van der Waals surface area contributed by atoms with Gasteiger partial charge in [0.15, 0.2) is 0 Å². The number of carbonyl (C=O) groups is 1. The van der Waals surface area contributed by atoms with Crippen LogP contribution < -0.4 is 0 Å². The number of hydrogen-bond acceptors (Lipinski definition) is 4. The Labute approximate surface area is 103 Å². The van der Waals surface area contributed by atoms with E-state index >= 15 is 0 Å². The minimum atomic E-state index is -3.26. The Bertz CT molecular complexity index is 364. The monoisotopic (exact) mass is 263 g/mol. The van der Waals surface area contributed by atoms with E-state index in [0.29, 0.717) is 19.6 Å². The summed E-state index contributed by atoms with van der Waals surface area (Å²) < 4.78 is 30.3. The highest BCUT2D eigenvalue weighted by molar-refractivity contribution is 7.89. The van der Waals surface area contributed by atoms with E-state index in [1.807, 2.05) is 0 Å². The number of ether oxygens (including phenoxy) is 1. The minimum absolute atomic E-state index is 0.263. The second kappa shape index (κ2) is 5.82. The van der Waals surface area contributed by atoms with Gasteiger partial charge >= 0.3 is 5.97 Å². The van der Waals surface area contributed by atoms with Crippen LogP contribution >= 0.6 is 0 Å². The third-order valence-electron chi connectivity index (χ3n) is 2.96. The fraction of sp³-hybridized carbons (Fsp3) is 0.909. The Kier molecular flexibility index (Phi) is 4.94. The smallest absolute Gasteiger partial charge is 0.310 e. The van der Waals surface area contributed by atoms with Gasteiger partial charge in [0.25, 0.3) is 0 Å². The van der Waals surface area contributed by atoms with Gasteiger partial charge in [-0.3, -0.25) is 4.79 Å². The summed E-state index contributed by atoms with van der Waals surface area (Å²) in [7, 11) is -3.26. The molecule has 1 aliphatic heterocycles. The topological polar surface area (TPSA) is 63.7 Å². The Morgan fingerprint density at radius 2 is 2.12 bits per heavy atom. The molecular weight excluding hydrogens is 242 g/mol. The summed E-state index contributed by atoms with van der Waals surface area (Å²) in [6.45, 7) is 6.18. The number of hydrogen-bond donors (Lipinski definition) is 0. The Morgan fingerprint density at radius 1 is 1.47 bits per heavy atom. The number of carbonyl (C=O) groups excluding carboxylic acids is 1. The maximum atomic E-state index is 12.0. The van der Waals surface area contributed by atoms with Crippen molar-refractivity contribution in [3.63, 3.8) is 0 Å². The van der Waals surface area contributed by atoms with Crippen molar-refractivity contribution >= 4 is 16.0 Å². The molecule has 1 aliphatic rings. The standard InChI is InChI=1S/C11H21NO4S/c1-4-16-11(13)10-6-5-7-12(8-10)17(14,15)9(2)3/h9-10H,4-8H2,1-3H3/t10-/m0/s1. The summed E-state index contributed by atoms with van der Waals surface area (Å²) in [5, 5.41) is -0.441. The molecule has 0 amide bonds. The number of sulfonamides is 1. The van der Waals surface area contributed by atoms with Crippen LogP contribution in [0.2, 0.25) is 0 Å². The molecule has 1 rings (SSSR count). The highest BCUT2D eigenvalue weighted by Gasteiger charge is 2.34. The van der Waals surface area contributed by atoms with Gasteiger partial charge in [-0.2, -0.15) is 0 Å². The van der Waals surface area contributed by atoms with E-state index in [-0.39, 0.29) is 18.4 Å². The predicted octanol–water partition coefficient (Wildman–Crippen LogP) is 1.000. The minimum Gasteiger partial charge on any atom is -0.466 e. The number of piperidine rings is 1. The zero-order valence-electron chi connectivity index (χ0n) is 10.7. The van der Waals surface area contributed by atoms with E-state index in [4.69, 9.17) is 4.74 Å². The van der Waals surface area contributed by atoms with Gasteiger partial charge in [0.1, 0.15) is 0 Å². The summed E-state index contributed by atoms with van der Waals surface area (Å²) in [5.41, 5.74) is 0. The second-order valence-electron chi connectivity index (χ2n) is 4.54. The van der Waals surface area contributed by atoms with E-state index < -0.39 is 15.3 Å². The lowest BCUT2D eigenvalue weighted by atomic mass is 10.0. The molecule has 0 bridgehead atoms. The molecule has 1 fully saturated rings. The number of nitrogens with zero attached hydrogens (tertiary/aromatic N) is 1. The summed E-state index contributed by atoms with van der Waals surface area (Å²) in [4.78, 5) is 11.6. The Morgan fingerprint density at radius 3 is 2.65 bits per heavy atom. The molecule has 1 saturated heterocycles. The lowest BCUT2D eigenvalue weighted by Gasteiger charge is -2.31. The van der Waals surface area contributed by atoms with E-state index in [0.717, 1.165) is 6.42 Å². The second-order valence-corrected chi connectivity index (χ2v) is 7.03. The molecule has 100 valence electrons. The van der Waals surface area contributed by atoms with Gasteiger partial charge in [-0.25, -0.2) is 12.7 Å². The van der Waals surface area contributed by atoms with Crippen molar-refractivity contribution in [1.29, 1.82) is 0 Å². The van der Waals surface area contributed by atoms with Crippen molar-refractivity contribution in [2.75, 3.05) is 19.7 Å². The zero-order chi connectivity index (χ0) is 13.1. The van der Waals surface area contributed by atoms with Gasteiger partial charge in [0, 0.05) is 13.1 Å². The van der Waals surface area contributed by atoms with Gasteiger partial charge in [0.2, 0.25) is 10.0 Å². The van der Waals surface area contributed by atoms with Gasteiger partial charge in [-0.1, -0.05) is 0 Å². The molecule has 0 aliphatic carbocycles. The fourth-order valence-corrected chi connectivity index (χ4v) is 3.29. The molecule has 1 heterocycles. The SMILES string of the molecule is CCOC(=O)[C@H]1CCCN(S(=O)(=O)C(C)C)C1. The average molecular weight is 263 g/mol. The van der Waals surface area contributed by atoms with Crippen LogP contribution in [0.5, 0.6) is 0 Å². The first-order valence-corrected chi connectivity index (χ1v) is 7.55. The lowest BCUT2D eigenvalue weighted by molar-refractivity contribution is -0.149. The van der Waals surface area contributed by atoms with Crippen molar-refractivity contribution in [2.45, 2.75) is 38.9 Å². The molecule has 0 aromatic carbocycles. The van der Waals surface area contributed by atoms with Gasteiger partial charge < -0.3 is 4.74 Å². The molecule has 0 spiro atoms. The molecule has 6 heteroatoms. The summed E-state index contributed by atoms with van der Waals surface area (Å²) >= 11 is 0. The first-order chi connectivity index (χ1) is 7.89. The van der Waals surface area contributed by atoms with Crippen LogP contribution in [0.1, 0.15) is 33.6 Å². The van der Waals surface area contributed by atoms with Crippen molar-refractivity contribution in [3.05, 3.63) is 0 Å². The van der Waals surface area contributed by atoms with E-state index in [2.05, 4.69) is 0 Å². The van der Waals surface area contributed by atoms with Crippen molar-refractivity contribution in [2.24, 2.45) is 5.92 Å². The molecule has 0 radical (unpaired) electrons. The molecule has 5 nitrogen and oxygen atoms in total. The average Bonchev–Trinajstić information content (AvgIpc) is 2.29. The highest BCUT2D eigenvalue weighted by Crippen LogP contribution is 2.22. The van der Waals surface area contributed by atoms with E-state index in [1.165, 1.54) is 4.31 Å². The maximum Gasteiger partial charge on any atom is 0.310 e. The van der Waals surface area contributed by atoms with E-state index in [9.17, 15) is 13.2 Å². The molecule has 1 atom stereocenters. The van der Waals surface area contributed by atoms with Crippen molar-refractivity contribution in [3.8, 4) is 0 Å². The molecule has 0 aromatic heterocycles. The summed E-state index contributed by atoms with van der Waals surface area (Å²) in [6, 6.07) is 0. The first kappa shape index (κ1) is 14.4. The predicted molar refractivity (Wildman–Crippen MR) is 65.0 cm³/mol. The Hall–Kier alpha value is -0.620. The third kappa shape index (κ3) is 3.42. The first-order valence-electron chi connectivity index (χ1n) is 6.05. The third-order valence-corrected chi connectivity index (χ3v) is 5.20. The van der Waals surface area contributed by atoms with Gasteiger partial charge in [0.05, 0.1) is 17.8 Å². The Balaban J connectivity index is 2.70.